The van der Waals surface area contributed by atoms with E-state index < -0.39 is 0 Å². The van der Waals surface area contributed by atoms with E-state index in [1.54, 1.807) is 18.3 Å². The predicted molar refractivity (Wildman–Crippen MR) is 104 cm³/mol. The third kappa shape index (κ3) is 5.99. The number of aromatic nitrogens is 1. The summed E-state index contributed by atoms with van der Waals surface area (Å²) < 4.78 is 5.33. The Kier molecular flexibility index (Phi) is 6.62. The summed E-state index contributed by atoms with van der Waals surface area (Å²) in [6, 6.07) is 12.8. The molecule has 7 heteroatoms. The standard InChI is InChI=1S/C20H24N4O3/c25-19(14-22-20(26)15-27-17-7-3-1-4-8-17)23-16-9-10-18(21-13-16)24-11-5-2-6-12-24/h1,3-4,7-10,13H,2,5-6,11-12,14-15H2,(H,22,26)(H,23,25). The molecule has 2 N–H and O–H groups in total. The molecule has 27 heavy (non-hydrogen) atoms. The number of amides is 2. The van der Waals surface area contributed by atoms with Gasteiger partial charge in [-0.1, -0.05) is 18.2 Å². The van der Waals surface area contributed by atoms with Crippen molar-refractivity contribution in [3.8, 4) is 5.75 Å². The van der Waals surface area contributed by atoms with Crippen LogP contribution in [0.25, 0.3) is 0 Å². The predicted octanol–water partition coefficient (Wildman–Crippen LogP) is 2.21. The van der Waals surface area contributed by atoms with E-state index in [9.17, 15) is 9.59 Å². The van der Waals surface area contributed by atoms with Crippen LogP contribution in [0.1, 0.15) is 19.3 Å². The maximum absolute atomic E-state index is 12.0. The molecule has 2 aromatic rings. The van der Waals surface area contributed by atoms with Crippen molar-refractivity contribution in [3.63, 3.8) is 0 Å². The highest BCUT2D eigenvalue weighted by molar-refractivity contribution is 5.94. The Balaban J connectivity index is 1.39. The maximum Gasteiger partial charge on any atom is 0.258 e. The van der Waals surface area contributed by atoms with E-state index in [-0.39, 0.29) is 25.0 Å². The first kappa shape index (κ1) is 18.7. The highest BCUT2D eigenvalue weighted by Crippen LogP contribution is 2.18. The molecule has 0 unspecified atom stereocenters. The number of ether oxygens (including phenoxy) is 1. The van der Waals surface area contributed by atoms with Gasteiger partial charge in [0.2, 0.25) is 5.91 Å². The number of hydrogen-bond acceptors (Lipinski definition) is 5. The van der Waals surface area contributed by atoms with Gasteiger partial charge >= 0.3 is 0 Å². The molecule has 0 radical (unpaired) electrons. The van der Waals surface area contributed by atoms with Gasteiger partial charge in [-0.15, -0.1) is 0 Å². The van der Waals surface area contributed by atoms with Crippen LogP contribution in [0.5, 0.6) is 5.75 Å². The van der Waals surface area contributed by atoms with Crippen LogP contribution in [0.15, 0.2) is 48.7 Å². The van der Waals surface area contributed by atoms with E-state index in [1.807, 2.05) is 30.3 Å². The molecule has 0 spiro atoms. The molecule has 0 aliphatic carbocycles. The summed E-state index contributed by atoms with van der Waals surface area (Å²) in [6.07, 6.45) is 5.29. The van der Waals surface area contributed by atoms with Gasteiger partial charge in [-0.2, -0.15) is 0 Å². The second-order valence-corrected chi connectivity index (χ2v) is 6.38. The average molecular weight is 368 g/mol. The molecule has 1 aromatic carbocycles. The summed E-state index contributed by atoms with van der Waals surface area (Å²) in [5, 5.41) is 5.26. The van der Waals surface area contributed by atoms with Crippen molar-refractivity contribution in [2.75, 3.05) is 36.5 Å². The number of carbonyl (C=O) groups is 2. The topological polar surface area (TPSA) is 83.6 Å². The Morgan fingerprint density at radius 2 is 1.78 bits per heavy atom. The molecular formula is C20H24N4O3. The fourth-order valence-corrected chi connectivity index (χ4v) is 2.87. The molecule has 1 aromatic heterocycles. The molecule has 0 atom stereocenters. The van der Waals surface area contributed by atoms with E-state index in [4.69, 9.17) is 4.74 Å². The molecule has 1 aliphatic rings. The van der Waals surface area contributed by atoms with Crippen molar-refractivity contribution < 1.29 is 14.3 Å². The number of anilines is 2. The van der Waals surface area contributed by atoms with Crippen LogP contribution in [0.3, 0.4) is 0 Å². The van der Waals surface area contributed by atoms with Crippen molar-refractivity contribution in [2.24, 2.45) is 0 Å². The monoisotopic (exact) mass is 368 g/mol. The summed E-state index contributed by atoms with van der Waals surface area (Å²) >= 11 is 0. The zero-order valence-corrected chi connectivity index (χ0v) is 15.2. The minimum Gasteiger partial charge on any atom is -0.484 e. The highest BCUT2D eigenvalue weighted by atomic mass is 16.5. The van der Waals surface area contributed by atoms with Crippen LogP contribution in [-0.4, -0.2) is 43.0 Å². The van der Waals surface area contributed by atoms with Crippen LogP contribution < -0.4 is 20.3 Å². The number of hydrogen-bond donors (Lipinski definition) is 2. The summed E-state index contributed by atoms with van der Waals surface area (Å²) in [6.45, 7) is 1.79. The van der Waals surface area contributed by atoms with Gasteiger partial charge in [-0.05, 0) is 43.5 Å². The average Bonchev–Trinajstić information content (AvgIpc) is 2.73. The van der Waals surface area contributed by atoms with Crippen LogP contribution >= 0.6 is 0 Å². The first-order valence-corrected chi connectivity index (χ1v) is 9.16. The first-order chi connectivity index (χ1) is 13.2. The molecule has 1 saturated heterocycles. The number of pyridine rings is 1. The minimum atomic E-state index is -0.354. The highest BCUT2D eigenvalue weighted by Gasteiger charge is 2.12. The molecule has 1 aliphatic heterocycles. The molecule has 0 bridgehead atoms. The fourth-order valence-electron chi connectivity index (χ4n) is 2.87. The van der Waals surface area contributed by atoms with Gasteiger partial charge < -0.3 is 20.3 Å². The van der Waals surface area contributed by atoms with E-state index in [1.165, 1.54) is 19.3 Å². The molecule has 2 heterocycles. The molecule has 3 rings (SSSR count). The van der Waals surface area contributed by atoms with Gasteiger partial charge in [0.1, 0.15) is 11.6 Å². The zero-order valence-electron chi connectivity index (χ0n) is 15.2. The lowest BCUT2D eigenvalue weighted by Crippen LogP contribution is -2.35. The van der Waals surface area contributed by atoms with Gasteiger partial charge in [0.05, 0.1) is 18.4 Å². The Morgan fingerprint density at radius 1 is 1.00 bits per heavy atom. The maximum atomic E-state index is 12.0. The molecule has 2 amide bonds. The molecule has 0 saturated carbocycles. The second-order valence-electron chi connectivity index (χ2n) is 6.38. The largest absolute Gasteiger partial charge is 0.484 e. The zero-order chi connectivity index (χ0) is 18.9. The first-order valence-electron chi connectivity index (χ1n) is 9.16. The van der Waals surface area contributed by atoms with Crippen molar-refractivity contribution in [2.45, 2.75) is 19.3 Å². The quantitative estimate of drug-likeness (QED) is 0.783. The number of nitrogens with one attached hydrogen (secondary N) is 2. The minimum absolute atomic E-state index is 0.120. The molecule has 7 nitrogen and oxygen atoms in total. The third-order valence-corrected chi connectivity index (χ3v) is 4.27. The van der Waals surface area contributed by atoms with Crippen LogP contribution in [0.4, 0.5) is 11.5 Å². The number of para-hydroxylation sites is 1. The van der Waals surface area contributed by atoms with E-state index >= 15 is 0 Å². The third-order valence-electron chi connectivity index (χ3n) is 4.27. The van der Waals surface area contributed by atoms with Crippen molar-refractivity contribution >= 4 is 23.3 Å². The Bertz CT molecular complexity index is 744. The van der Waals surface area contributed by atoms with Crippen molar-refractivity contribution in [1.82, 2.24) is 10.3 Å². The molecular weight excluding hydrogens is 344 g/mol. The normalized spacial score (nSPS) is 13.7. The lowest BCUT2D eigenvalue weighted by atomic mass is 10.1. The lowest BCUT2D eigenvalue weighted by molar-refractivity contribution is -0.125. The van der Waals surface area contributed by atoms with E-state index in [0.29, 0.717) is 11.4 Å². The smallest absolute Gasteiger partial charge is 0.258 e. The van der Waals surface area contributed by atoms with Crippen molar-refractivity contribution in [3.05, 3.63) is 48.7 Å². The number of rotatable bonds is 7. The van der Waals surface area contributed by atoms with Gasteiger partial charge in [-0.25, -0.2) is 4.98 Å². The number of nitrogens with zero attached hydrogens (tertiary/aromatic N) is 2. The van der Waals surface area contributed by atoms with Gasteiger partial charge in [0, 0.05) is 13.1 Å². The van der Waals surface area contributed by atoms with E-state index in [0.717, 1.165) is 18.9 Å². The second kappa shape index (κ2) is 9.56. The SMILES string of the molecule is O=C(COc1ccccc1)NCC(=O)Nc1ccc(N2CCCCC2)nc1. The summed E-state index contributed by atoms with van der Waals surface area (Å²) in [7, 11) is 0. The molecule has 142 valence electrons. The number of piperidine rings is 1. The van der Waals surface area contributed by atoms with Crippen LogP contribution in [0, 0.1) is 0 Å². The van der Waals surface area contributed by atoms with E-state index in [2.05, 4.69) is 20.5 Å². The van der Waals surface area contributed by atoms with Crippen molar-refractivity contribution in [1.29, 1.82) is 0 Å². The summed E-state index contributed by atoms with van der Waals surface area (Å²) in [5.74, 6) is 0.874. The lowest BCUT2D eigenvalue weighted by Gasteiger charge is -2.27. The molecule has 1 fully saturated rings. The number of carbonyl (C=O) groups excluding carboxylic acids is 2. The summed E-state index contributed by atoms with van der Waals surface area (Å²) in [4.78, 5) is 30.4. The Labute approximate surface area is 158 Å². The summed E-state index contributed by atoms with van der Waals surface area (Å²) in [5.41, 5.74) is 0.607. The van der Waals surface area contributed by atoms with Gasteiger partial charge in [0.15, 0.2) is 6.61 Å². The Hall–Kier alpha value is -3.09. The van der Waals surface area contributed by atoms with Crippen LogP contribution in [-0.2, 0) is 9.59 Å². The number of benzene rings is 1. The van der Waals surface area contributed by atoms with Crippen LogP contribution in [0.2, 0.25) is 0 Å². The Morgan fingerprint density at radius 3 is 2.48 bits per heavy atom. The van der Waals surface area contributed by atoms with Gasteiger partial charge in [0.25, 0.3) is 5.91 Å². The van der Waals surface area contributed by atoms with Gasteiger partial charge in [-0.3, -0.25) is 9.59 Å². The fraction of sp³-hybridized carbons (Fsp3) is 0.350.